The Labute approximate surface area is 152 Å². The Morgan fingerprint density at radius 1 is 1.08 bits per heavy atom. The maximum absolute atomic E-state index is 12.5. The largest absolute Gasteiger partial charge is 0.501 e. The number of rotatable bonds is 13. The lowest BCUT2D eigenvalue weighted by Gasteiger charge is -2.34. The van der Waals surface area contributed by atoms with E-state index in [4.69, 9.17) is 9.47 Å². The summed E-state index contributed by atoms with van der Waals surface area (Å²) < 4.78 is 10.8. The first-order chi connectivity index (χ1) is 11.5. The minimum absolute atomic E-state index is 0.0833. The molecule has 0 aliphatic heterocycles. The van der Waals surface area contributed by atoms with Crippen molar-refractivity contribution in [2.24, 2.45) is 22.7 Å². The van der Waals surface area contributed by atoms with Gasteiger partial charge in [0, 0.05) is 0 Å². The lowest BCUT2D eigenvalue weighted by Crippen LogP contribution is -2.35. The summed E-state index contributed by atoms with van der Waals surface area (Å²) in [6.07, 6.45) is 3.91. The van der Waals surface area contributed by atoms with Crippen molar-refractivity contribution in [3.63, 3.8) is 0 Å². The van der Waals surface area contributed by atoms with E-state index in [0.717, 1.165) is 12.8 Å². The zero-order valence-corrected chi connectivity index (χ0v) is 16.8. The maximum Gasteiger partial charge on any atom is 0.309 e. The molecule has 0 amide bonds. The molecule has 25 heavy (non-hydrogen) atoms. The van der Waals surface area contributed by atoms with E-state index in [1.165, 1.54) is 6.26 Å². The third kappa shape index (κ3) is 8.94. The zero-order valence-electron chi connectivity index (χ0n) is 16.8. The van der Waals surface area contributed by atoms with Gasteiger partial charge >= 0.3 is 11.9 Å². The SMILES string of the molecule is C=COCC(C)(C)CC(C)(C)COC(=O)C(CC)C(CCC)C(=O)O. The van der Waals surface area contributed by atoms with Gasteiger partial charge in [0.1, 0.15) is 0 Å². The van der Waals surface area contributed by atoms with Gasteiger partial charge in [0.25, 0.3) is 0 Å². The van der Waals surface area contributed by atoms with Crippen molar-refractivity contribution in [3.8, 4) is 0 Å². The standard InChI is InChI=1S/C20H36O5/c1-8-11-16(17(21)22)15(9-2)18(23)25-14-20(6,7)12-19(4,5)13-24-10-3/h10,15-16H,3,8-9,11-14H2,1-2,4-7H3,(H,21,22). The number of carboxylic acids is 1. The van der Waals surface area contributed by atoms with E-state index in [2.05, 4.69) is 20.4 Å². The summed E-state index contributed by atoms with van der Waals surface area (Å²) in [7, 11) is 0. The highest BCUT2D eigenvalue weighted by Gasteiger charge is 2.35. The maximum atomic E-state index is 12.5. The molecule has 0 heterocycles. The van der Waals surface area contributed by atoms with Crippen LogP contribution in [0.2, 0.25) is 0 Å². The van der Waals surface area contributed by atoms with Crippen LogP contribution in [0.4, 0.5) is 0 Å². The van der Waals surface area contributed by atoms with Gasteiger partial charge in [0.05, 0.1) is 31.3 Å². The summed E-state index contributed by atoms with van der Waals surface area (Å²) in [5.41, 5.74) is -0.314. The molecule has 0 saturated heterocycles. The molecular weight excluding hydrogens is 320 g/mol. The summed E-state index contributed by atoms with van der Waals surface area (Å²) in [5.74, 6) is -2.60. The molecule has 0 aliphatic carbocycles. The monoisotopic (exact) mass is 356 g/mol. The van der Waals surface area contributed by atoms with Crippen molar-refractivity contribution in [1.29, 1.82) is 0 Å². The number of ether oxygens (including phenoxy) is 2. The van der Waals surface area contributed by atoms with Crippen molar-refractivity contribution in [1.82, 2.24) is 0 Å². The van der Waals surface area contributed by atoms with Crippen molar-refractivity contribution in [3.05, 3.63) is 12.8 Å². The van der Waals surface area contributed by atoms with Crippen molar-refractivity contribution < 1.29 is 24.2 Å². The number of carbonyl (C=O) groups excluding carboxylic acids is 1. The van der Waals surface area contributed by atoms with Gasteiger partial charge in [-0.25, -0.2) is 0 Å². The second kappa shape index (κ2) is 10.5. The van der Waals surface area contributed by atoms with Crippen LogP contribution in [0.1, 0.15) is 67.2 Å². The second-order valence-corrected chi connectivity index (χ2v) is 8.34. The van der Waals surface area contributed by atoms with Crippen molar-refractivity contribution >= 4 is 11.9 Å². The van der Waals surface area contributed by atoms with Crippen LogP contribution >= 0.6 is 0 Å². The van der Waals surface area contributed by atoms with E-state index in [-0.39, 0.29) is 17.4 Å². The van der Waals surface area contributed by atoms with Crippen LogP contribution in [0.5, 0.6) is 0 Å². The fourth-order valence-corrected chi connectivity index (χ4v) is 3.48. The normalized spacial score (nSPS) is 14.5. The number of aliphatic carboxylic acids is 1. The van der Waals surface area contributed by atoms with Gasteiger partial charge in [0.2, 0.25) is 0 Å². The summed E-state index contributed by atoms with van der Waals surface area (Å²) in [4.78, 5) is 23.9. The van der Waals surface area contributed by atoms with E-state index in [1.807, 2.05) is 27.7 Å². The molecule has 5 heteroatoms. The van der Waals surface area contributed by atoms with Gasteiger partial charge in [0.15, 0.2) is 0 Å². The lowest BCUT2D eigenvalue weighted by molar-refractivity contribution is -0.161. The van der Waals surface area contributed by atoms with Crippen LogP contribution in [0, 0.1) is 22.7 Å². The van der Waals surface area contributed by atoms with Gasteiger partial charge in [-0.3, -0.25) is 9.59 Å². The van der Waals surface area contributed by atoms with Gasteiger partial charge in [-0.05, 0) is 30.1 Å². The quantitative estimate of drug-likeness (QED) is 0.384. The minimum atomic E-state index is -0.924. The molecule has 0 fully saturated rings. The van der Waals surface area contributed by atoms with E-state index >= 15 is 0 Å². The molecule has 0 aromatic heterocycles. The molecule has 2 atom stereocenters. The highest BCUT2D eigenvalue weighted by molar-refractivity contribution is 5.81. The van der Waals surface area contributed by atoms with Crippen LogP contribution < -0.4 is 0 Å². The smallest absolute Gasteiger partial charge is 0.309 e. The molecule has 2 unspecified atom stereocenters. The highest BCUT2D eigenvalue weighted by Crippen LogP contribution is 2.34. The fourth-order valence-electron chi connectivity index (χ4n) is 3.48. The van der Waals surface area contributed by atoms with Crippen LogP contribution in [0.15, 0.2) is 12.8 Å². The molecule has 0 spiro atoms. The van der Waals surface area contributed by atoms with E-state index in [9.17, 15) is 14.7 Å². The number of esters is 1. The predicted molar refractivity (Wildman–Crippen MR) is 99.1 cm³/mol. The van der Waals surface area contributed by atoms with Crippen LogP contribution in [0.3, 0.4) is 0 Å². The van der Waals surface area contributed by atoms with Gasteiger partial charge in [-0.2, -0.15) is 0 Å². The van der Waals surface area contributed by atoms with E-state index < -0.39 is 23.8 Å². The van der Waals surface area contributed by atoms with Crippen molar-refractivity contribution in [2.45, 2.75) is 67.2 Å². The Morgan fingerprint density at radius 2 is 1.64 bits per heavy atom. The van der Waals surface area contributed by atoms with E-state index in [0.29, 0.717) is 19.4 Å². The summed E-state index contributed by atoms with van der Waals surface area (Å²) in [6.45, 7) is 16.4. The Hall–Kier alpha value is -1.52. The Morgan fingerprint density at radius 3 is 2.08 bits per heavy atom. The lowest BCUT2D eigenvalue weighted by atomic mass is 9.76. The first kappa shape index (κ1) is 23.5. The zero-order chi connectivity index (χ0) is 19.7. The average molecular weight is 357 g/mol. The molecule has 0 bridgehead atoms. The number of hydrogen-bond donors (Lipinski definition) is 1. The van der Waals surface area contributed by atoms with Gasteiger partial charge in [-0.15, -0.1) is 0 Å². The molecule has 0 radical (unpaired) electrons. The molecule has 0 saturated carbocycles. The van der Waals surface area contributed by atoms with Crippen LogP contribution in [-0.4, -0.2) is 30.3 Å². The van der Waals surface area contributed by atoms with Crippen LogP contribution in [0.25, 0.3) is 0 Å². The third-order valence-electron chi connectivity index (χ3n) is 4.30. The minimum Gasteiger partial charge on any atom is -0.501 e. The van der Waals surface area contributed by atoms with Crippen LogP contribution in [-0.2, 0) is 19.1 Å². The number of carboxylic acid groups (broad SMARTS) is 1. The van der Waals surface area contributed by atoms with E-state index in [1.54, 1.807) is 0 Å². The molecule has 5 nitrogen and oxygen atoms in total. The van der Waals surface area contributed by atoms with Gasteiger partial charge < -0.3 is 14.6 Å². The topological polar surface area (TPSA) is 72.8 Å². The number of carbonyl (C=O) groups is 2. The Kier molecular flexibility index (Phi) is 9.83. The first-order valence-electron chi connectivity index (χ1n) is 9.11. The molecule has 0 aromatic carbocycles. The predicted octanol–water partition coefficient (Wildman–Crippen LogP) is 4.66. The summed E-state index contributed by atoms with van der Waals surface area (Å²) in [6, 6.07) is 0. The third-order valence-corrected chi connectivity index (χ3v) is 4.30. The average Bonchev–Trinajstić information content (AvgIpc) is 2.49. The first-order valence-corrected chi connectivity index (χ1v) is 9.11. The van der Waals surface area contributed by atoms with Crippen molar-refractivity contribution in [2.75, 3.05) is 13.2 Å². The summed E-state index contributed by atoms with van der Waals surface area (Å²) in [5, 5.41) is 9.39. The highest BCUT2D eigenvalue weighted by atomic mass is 16.5. The molecule has 0 rings (SSSR count). The summed E-state index contributed by atoms with van der Waals surface area (Å²) >= 11 is 0. The molecule has 0 aromatic rings. The molecular formula is C20H36O5. The Bertz CT molecular complexity index is 439. The molecule has 146 valence electrons. The second-order valence-electron chi connectivity index (χ2n) is 8.34. The fraction of sp³-hybridized carbons (Fsp3) is 0.800. The molecule has 1 N–H and O–H groups in total. The van der Waals surface area contributed by atoms with Gasteiger partial charge in [-0.1, -0.05) is 54.5 Å². The number of hydrogen-bond acceptors (Lipinski definition) is 4. The Balaban J connectivity index is 4.81. The molecule has 0 aliphatic rings.